The molecule has 8 heteroatoms. The summed E-state index contributed by atoms with van der Waals surface area (Å²) in [5, 5.41) is 2.14. The largest absolute Gasteiger partial charge is 0.349 e. The Balaban J connectivity index is 1.32. The first-order chi connectivity index (χ1) is 13.6. The number of rotatable bonds is 5. The fourth-order valence-corrected chi connectivity index (χ4v) is 6.45. The zero-order valence-electron chi connectivity index (χ0n) is 15.8. The molecule has 0 aromatic carbocycles. The molecular formula is C20H25N5O2S. The molecule has 2 saturated carbocycles. The van der Waals surface area contributed by atoms with Crippen molar-refractivity contribution in [3.63, 3.8) is 0 Å². The molecule has 0 spiro atoms. The maximum absolute atomic E-state index is 12.4. The van der Waals surface area contributed by atoms with Crippen molar-refractivity contribution in [2.75, 3.05) is 5.75 Å². The molecule has 2 aliphatic carbocycles. The van der Waals surface area contributed by atoms with Gasteiger partial charge in [0.15, 0.2) is 5.65 Å². The van der Waals surface area contributed by atoms with Crippen molar-refractivity contribution < 1.29 is 8.42 Å². The van der Waals surface area contributed by atoms with Crippen LogP contribution in [0.4, 0.5) is 0 Å². The highest BCUT2D eigenvalue weighted by Gasteiger charge is 2.30. The second-order valence-corrected chi connectivity index (χ2v) is 10.1. The minimum absolute atomic E-state index is 0.174. The molecule has 5 rings (SSSR count). The van der Waals surface area contributed by atoms with E-state index in [0.29, 0.717) is 5.92 Å². The number of H-pyrrole nitrogens is 1. The van der Waals surface area contributed by atoms with E-state index in [9.17, 15) is 8.42 Å². The van der Waals surface area contributed by atoms with Gasteiger partial charge >= 0.3 is 0 Å². The van der Waals surface area contributed by atoms with Gasteiger partial charge in [-0.2, -0.15) is 0 Å². The molecule has 28 heavy (non-hydrogen) atoms. The molecule has 7 nitrogen and oxygen atoms in total. The highest BCUT2D eigenvalue weighted by atomic mass is 32.2. The molecule has 3 aromatic rings. The summed E-state index contributed by atoms with van der Waals surface area (Å²) in [4.78, 5) is 16.5. The molecular weight excluding hydrogens is 374 g/mol. The summed E-state index contributed by atoms with van der Waals surface area (Å²) in [6.45, 7) is 0. The highest BCUT2D eigenvalue weighted by molar-refractivity contribution is 7.89. The molecule has 148 valence electrons. The van der Waals surface area contributed by atoms with E-state index in [4.69, 9.17) is 0 Å². The molecule has 2 aliphatic rings. The van der Waals surface area contributed by atoms with Crippen molar-refractivity contribution in [1.82, 2.24) is 24.7 Å². The fourth-order valence-electron chi connectivity index (χ4n) is 4.65. The molecule has 0 atom stereocenters. The number of sulfonamides is 1. The lowest BCUT2D eigenvalue weighted by Crippen LogP contribution is -2.42. The Hall–Kier alpha value is -2.06. The second kappa shape index (κ2) is 7.08. The maximum Gasteiger partial charge on any atom is 0.212 e. The van der Waals surface area contributed by atoms with Crippen molar-refractivity contribution >= 4 is 32.0 Å². The average Bonchev–Trinajstić information content (AvgIpc) is 3.14. The Morgan fingerprint density at radius 2 is 1.89 bits per heavy atom. The van der Waals surface area contributed by atoms with Gasteiger partial charge in [-0.3, -0.25) is 0 Å². The zero-order valence-corrected chi connectivity index (χ0v) is 16.6. The number of pyridine rings is 1. The minimum Gasteiger partial charge on any atom is -0.349 e. The summed E-state index contributed by atoms with van der Waals surface area (Å²) in [6, 6.07) is 2.17. The SMILES string of the molecule is O=S(=O)(CC1CCC(c2[nH]cnc3cnc4nccc4c23)CC1)NC1CCC1. The zero-order chi connectivity index (χ0) is 19.1. The number of fused-ring (bicyclic) bond motifs is 3. The van der Waals surface area contributed by atoms with Crippen molar-refractivity contribution in [1.29, 1.82) is 0 Å². The van der Waals surface area contributed by atoms with Crippen LogP contribution < -0.4 is 4.72 Å². The second-order valence-electron chi connectivity index (χ2n) is 8.26. The van der Waals surface area contributed by atoms with Gasteiger partial charge in [0.25, 0.3) is 0 Å². The minimum atomic E-state index is -3.16. The summed E-state index contributed by atoms with van der Waals surface area (Å²) < 4.78 is 27.7. The van der Waals surface area contributed by atoms with Gasteiger partial charge in [-0.25, -0.2) is 28.1 Å². The molecule has 0 bridgehead atoms. The first kappa shape index (κ1) is 18.0. The van der Waals surface area contributed by atoms with Crippen molar-refractivity contribution in [2.45, 2.75) is 56.9 Å². The molecule has 3 heterocycles. The molecule has 3 aromatic heterocycles. The topological polar surface area (TPSA) is 101 Å². The summed E-state index contributed by atoms with van der Waals surface area (Å²) in [6.07, 6.45) is 12.2. The van der Waals surface area contributed by atoms with E-state index in [1.54, 1.807) is 18.7 Å². The molecule has 2 N–H and O–H groups in total. The lowest BCUT2D eigenvalue weighted by Gasteiger charge is -2.31. The van der Waals surface area contributed by atoms with E-state index in [2.05, 4.69) is 24.7 Å². The first-order valence-electron chi connectivity index (χ1n) is 10.2. The summed E-state index contributed by atoms with van der Waals surface area (Å²) in [5.74, 6) is 0.881. The normalized spacial score (nSPS) is 23.9. The van der Waals surface area contributed by atoms with Gasteiger partial charge < -0.3 is 4.98 Å². The van der Waals surface area contributed by atoms with Crippen LogP contribution in [0.5, 0.6) is 0 Å². The smallest absolute Gasteiger partial charge is 0.212 e. The lowest BCUT2D eigenvalue weighted by molar-refractivity contribution is 0.341. The number of hydrogen-bond acceptors (Lipinski definition) is 5. The fraction of sp³-hybridized carbons (Fsp3) is 0.550. The Morgan fingerprint density at radius 1 is 1.07 bits per heavy atom. The summed E-state index contributed by atoms with van der Waals surface area (Å²) in [7, 11) is -3.16. The van der Waals surface area contributed by atoms with Crippen LogP contribution in [0.15, 0.2) is 24.8 Å². The van der Waals surface area contributed by atoms with Crippen LogP contribution in [0, 0.1) is 5.92 Å². The monoisotopic (exact) mass is 399 g/mol. The van der Waals surface area contributed by atoms with Gasteiger partial charge in [0.2, 0.25) is 10.0 Å². The lowest BCUT2D eigenvalue weighted by atomic mass is 9.80. The molecule has 0 aliphatic heterocycles. The Bertz CT molecular complexity index is 1100. The third-order valence-corrected chi connectivity index (χ3v) is 7.97. The van der Waals surface area contributed by atoms with Crippen LogP contribution in [0.1, 0.15) is 56.6 Å². The predicted molar refractivity (Wildman–Crippen MR) is 108 cm³/mol. The third kappa shape index (κ3) is 3.39. The highest BCUT2D eigenvalue weighted by Crippen LogP contribution is 2.39. The molecule has 0 amide bonds. The van der Waals surface area contributed by atoms with Gasteiger partial charge in [0, 0.05) is 28.7 Å². The van der Waals surface area contributed by atoms with E-state index in [1.165, 1.54) is 5.69 Å². The van der Waals surface area contributed by atoms with Crippen LogP contribution in [-0.2, 0) is 10.0 Å². The standard InChI is InChI=1S/C20H25N5O2S/c26-28(27,25-15-2-1-3-15)11-13-4-6-14(7-5-13)19-18-16-8-9-21-20(16)22-10-17(18)23-12-24-19/h8-10,12-15,25H,1-7,11H2,(H,23,24). The van der Waals surface area contributed by atoms with Crippen LogP contribution in [0.25, 0.3) is 21.9 Å². The Morgan fingerprint density at radius 3 is 2.64 bits per heavy atom. The summed E-state index contributed by atoms with van der Waals surface area (Å²) >= 11 is 0. The van der Waals surface area contributed by atoms with Crippen LogP contribution in [0.3, 0.4) is 0 Å². The molecule has 2 fully saturated rings. The van der Waals surface area contributed by atoms with E-state index in [0.717, 1.165) is 66.9 Å². The molecule has 0 radical (unpaired) electrons. The average molecular weight is 400 g/mol. The Labute approximate surface area is 164 Å². The number of nitrogens with zero attached hydrogens (tertiary/aromatic N) is 3. The number of nitrogens with one attached hydrogen (secondary N) is 2. The van der Waals surface area contributed by atoms with Gasteiger partial charge in [-0.15, -0.1) is 0 Å². The van der Waals surface area contributed by atoms with Gasteiger partial charge in [0.1, 0.15) is 0 Å². The van der Waals surface area contributed by atoms with Gasteiger partial charge in [-0.05, 0) is 56.4 Å². The molecule has 0 saturated heterocycles. The van der Waals surface area contributed by atoms with Gasteiger partial charge in [-0.1, -0.05) is 6.42 Å². The number of aromatic nitrogens is 4. The maximum atomic E-state index is 12.4. The summed E-state index contributed by atoms with van der Waals surface area (Å²) in [5.41, 5.74) is 2.81. The van der Waals surface area contributed by atoms with E-state index >= 15 is 0 Å². The predicted octanol–water partition coefficient (Wildman–Crippen LogP) is 3.25. The quantitative estimate of drug-likeness (QED) is 0.686. The van der Waals surface area contributed by atoms with Crippen LogP contribution >= 0.6 is 0 Å². The Kier molecular flexibility index (Phi) is 4.55. The van der Waals surface area contributed by atoms with E-state index in [-0.39, 0.29) is 17.7 Å². The number of aromatic amines is 1. The van der Waals surface area contributed by atoms with Crippen LogP contribution in [0.2, 0.25) is 0 Å². The van der Waals surface area contributed by atoms with Gasteiger partial charge in [0.05, 0.1) is 23.8 Å². The third-order valence-electron chi connectivity index (χ3n) is 6.37. The molecule has 0 unspecified atom stereocenters. The first-order valence-corrected chi connectivity index (χ1v) is 11.8. The van der Waals surface area contributed by atoms with E-state index < -0.39 is 10.0 Å². The van der Waals surface area contributed by atoms with Crippen molar-refractivity contribution in [3.05, 3.63) is 30.5 Å². The van der Waals surface area contributed by atoms with Crippen LogP contribution in [-0.4, -0.2) is 40.1 Å². The van der Waals surface area contributed by atoms with Crippen molar-refractivity contribution in [2.24, 2.45) is 5.92 Å². The van der Waals surface area contributed by atoms with E-state index in [1.807, 2.05) is 6.07 Å². The van der Waals surface area contributed by atoms with Crippen molar-refractivity contribution in [3.8, 4) is 0 Å². The number of hydrogen-bond donors (Lipinski definition) is 2.